The molecule has 0 radical (unpaired) electrons. The van der Waals surface area contributed by atoms with Gasteiger partial charge in [0.1, 0.15) is 5.82 Å². The lowest BCUT2D eigenvalue weighted by molar-refractivity contribution is 0.172. The maximum atomic E-state index is 13.9. The maximum absolute atomic E-state index is 13.9. The minimum atomic E-state index is -0.300. The Balaban J connectivity index is 1.55. The molecule has 1 aliphatic heterocycles. The van der Waals surface area contributed by atoms with Crippen LogP contribution in [0.4, 0.5) is 10.3 Å². The Labute approximate surface area is 148 Å². The summed E-state index contributed by atoms with van der Waals surface area (Å²) in [4.78, 5) is 6.95. The van der Waals surface area contributed by atoms with Gasteiger partial charge in [0.05, 0.1) is 11.9 Å². The molecule has 0 amide bonds. The minimum Gasteiger partial charge on any atom is -0.353 e. The Morgan fingerprint density at radius 3 is 2.72 bits per heavy atom. The summed E-state index contributed by atoms with van der Waals surface area (Å²) in [5.74, 6) is 1.50. The smallest absolute Gasteiger partial charge is 0.243 e. The molecule has 1 aliphatic rings. The van der Waals surface area contributed by atoms with Crippen LogP contribution in [0, 0.1) is 17.7 Å². The van der Waals surface area contributed by atoms with Crippen LogP contribution < -0.4 is 5.32 Å². The van der Waals surface area contributed by atoms with Crippen molar-refractivity contribution >= 4 is 5.95 Å². The molecule has 0 bridgehead atoms. The van der Waals surface area contributed by atoms with Crippen LogP contribution in [-0.2, 0) is 0 Å². The summed E-state index contributed by atoms with van der Waals surface area (Å²) < 4.78 is 13.9. The molecule has 3 rings (SSSR count). The van der Waals surface area contributed by atoms with Gasteiger partial charge in [-0.1, -0.05) is 26.0 Å². The standard InChI is InChI=1S/C19H26FN5/c1-14(2)13-25-9-7-15(8-10-25)11-21-19-23-18(12-22-24-19)16-5-3-4-6-17(16)20/h3-6,12,14-15H,7-11,13H2,1-2H3,(H,21,23,24). The zero-order valence-corrected chi connectivity index (χ0v) is 15.0. The van der Waals surface area contributed by atoms with E-state index in [4.69, 9.17) is 0 Å². The monoisotopic (exact) mass is 343 g/mol. The van der Waals surface area contributed by atoms with Crippen LogP contribution in [0.5, 0.6) is 0 Å². The lowest BCUT2D eigenvalue weighted by Gasteiger charge is -2.32. The highest BCUT2D eigenvalue weighted by molar-refractivity contribution is 5.59. The van der Waals surface area contributed by atoms with E-state index in [1.807, 2.05) is 0 Å². The van der Waals surface area contributed by atoms with Gasteiger partial charge in [0.15, 0.2) is 0 Å². The van der Waals surface area contributed by atoms with E-state index in [9.17, 15) is 4.39 Å². The van der Waals surface area contributed by atoms with Gasteiger partial charge < -0.3 is 10.2 Å². The number of halogens is 1. The Morgan fingerprint density at radius 2 is 2.00 bits per heavy atom. The quantitative estimate of drug-likeness (QED) is 0.870. The second-order valence-electron chi connectivity index (χ2n) is 7.16. The average molecular weight is 343 g/mol. The Bertz CT molecular complexity index is 683. The van der Waals surface area contributed by atoms with E-state index in [0.717, 1.165) is 25.6 Å². The number of anilines is 1. The normalized spacial score (nSPS) is 16.3. The predicted molar refractivity (Wildman–Crippen MR) is 97.7 cm³/mol. The topological polar surface area (TPSA) is 53.9 Å². The van der Waals surface area contributed by atoms with E-state index < -0.39 is 0 Å². The van der Waals surface area contributed by atoms with E-state index in [1.54, 1.807) is 18.2 Å². The van der Waals surface area contributed by atoms with Gasteiger partial charge in [-0.3, -0.25) is 0 Å². The summed E-state index contributed by atoms with van der Waals surface area (Å²) in [6.07, 6.45) is 3.86. The molecule has 0 aliphatic carbocycles. The fourth-order valence-corrected chi connectivity index (χ4v) is 3.30. The van der Waals surface area contributed by atoms with Crippen LogP contribution in [0.1, 0.15) is 26.7 Å². The lowest BCUT2D eigenvalue weighted by atomic mass is 9.96. The molecular formula is C19H26FN5. The van der Waals surface area contributed by atoms with Gasteiger partial charge in [0, 0.05) is 18.7 Å². The van der Waals surface area contributed by atoms with E-state index in [0.29, 0.717) is 23.1 Å². The van der Waals surface area contributed by atoms with Crippen molar-refractivity contribution < 1.29 is 4.39 Å². The van der Waals surface area contributed by atoms with Gasteiger partial charge in [-0.2, -0.15) is 5.10 Å². The maximum Gasteiger partial charge on any atom is 0.243 e. The fourth-order valence-electron chi connectivity index (χ4n) is 3.30. The number of aromatic nitrogens is 3. The minimum absolute atomic E-state index is 0.300. The Morgan fingerprint density at radius 1 is 1.24 bits per heavy atom. The molecule has 1 aromatic carbocycles. The summed E-state index contributed by atoms with van der Waals surface area (Å²) in [6, 6.07) is 6.58. The molecule has 1 saturated heterocycles. The molecule has 0 spiro atoms. The lowest BCUT2D eigenvalue weighted by Crippen LogP contribution is -2.37. The highest BCUT2D eigenvalue weighted by Crippen LogP contribution is 2.21. The van der Waals surface area contributed by atoms with Crippen LogP contribution in [-0.4, -0.2) is 46.3 Å². The predicted octanol–water partition coefficient (Wildman–Crippen LogP) is 3.46. The number of nitrogens with zero attached hydrogens (tertiary/aromatic N) is 4. The molecule has 1 aromatic heterocycles. The van der Waals surface area contributed by atoms with E-state index in [1.165, 1.54) is 31.6 Å². The zero-order chi connectivity index (χ0) is 17.6. The first-order chi connectivity index (χ1) is 12.1. The molecule has 0 atom stereocenters. The van der Waals surface area contributed by atoms with E-state index >= 15 is 0 Å². The number of hydrogen-bond acceptors (Lipinski definition) is 5. The Hall–Kier alpha value is -2.08. The van der Waals surface area contributed by atoms with Crippen LogP contribution in [0.2, 0.25) is 0 Å². The number of hydrogen-bond donors (Lipinski definition) is 1. The molecule has 2 heterocycles. The summed E-state index contributed by atoms with van der Waals surface area (Å²) in [5, 5.41) is 11.3. The van der Waals surface area contributed by atoms with Crippen molar-refractivity contribution in [2.24, 2.45) is 11.8 Å². The zero-order valence-electron chi connectivity index (χ0n) is 15.0. The molecule has 2 aromatic rings. The highest BCUT2D eigenvalue weighted by atomic mass is 19.1. The molecule has 1 fully saturated rings. The second kappa shape index (κ2) is 8.34. The third-order valence-electron chi connectivity index (χ3n) is 4.59. The van der Waals surface area contributed by atoms with Crippen LogP contribution in [0.25, 0.3) is 11.3 Å². The van der Waals surface area contributed by atoms with Crippen molar-refractivity contribution in [1.82, 2.24) is 20.1 Å². The molecule has 25 heavy (non-hydrogen) atoms. The SMILES string of the molecule is CC(C)CN1CCC(CNc2nncc(-c3ccccc3F)n2)CC1. The molecule has 0 unspecified atom stereocenters. The number of rotatable bonds is 6. The van der Waals surface area contributed by atoms with Crippen LogP contribution in [0.3, 0.4) is 0 Å². The van der Waals surface area contributed by atoms with Crippen molar-refractivity contribution in [1.29, 1.82) is 0 Å². The van der Waals surface area contributed by atoms with Crippen LogP contribution >= 0.6 is 0 Å². The second-order valence-corrected chi connectivity index (χ2v) is 7.16. The first kappa shape index (κ1) is 17.7. The number of piperidine rings is 1. The third-order valence-corrected chi connectivity index (χ3v) is 4.59. The highest BCUT2D eigenvalue weighted by Gasteiger charge is 2.19. The number of benzene rings is 1. The molecule has 5 nitrogen and oxygen atoms in total. The van der Waals surface area contributed by atoms with Crippen molar-refractivity contribution in [3.8, 4) is 11.3 Å². The summed E-state index contributed by atoms with van der Waals surface area (Å²) >= 11 is 0. The number of nitrogens with one attached hydrogen (secondary N) is 1. The van der Waals surface area contributed by atoms with Gasteiger partial charge in [-0.15, -0.1) is 5.10 Å². The van der Waals surface area contributed by atoms with Gasteiger partial charge in [0.2, 0.25) is 5.95 Å². The Kier molecular flexibility index (Phi) is 5.91. The van der Waals surface area contributed by atoms with Crippen molar-refractivity contribution in [3.05, 3.63) is 36.3 Å². The summed E-state index contributed by atoms with van der Waals surface area (Å²) in [5.41, 5.74) is 0.949. The first-order valence-corrected chi connectivity index (χ1v) is 9.02. The van der Waals surface area contributed by atoms with E-state index in [-0.39, 0.29) is 5.82 Å². The first-order valence-electron chi connectivity index (χ1n) is 9.02. The van der Waals surface area contributed by atoms with Crippen molar-refractivity contribution in [2.45, 2.75) is 26.7 Å². The summed E-state index contributed by atoms with van der Waals surface area (Å²) in [6.45, 7) is 8.84. The van der Waals surface area contributed by atoms with Gasteiger partial charge in [-0.05, 0) is 49.9 Å². The number of likely N-dealkylation sites (tertiary alicyclic amines) is 1. The van der Waals surface area contributed by atoms with E-state index in [2.05, 4.69) is 39.2 Å². The van der Waals surface area contributed by atoms with Gasteiger partial charge in [-0.25, -0.2) is 9.37 Å². The van der Waals surface area contributed by atoms with Crippen molar-refractivity contribution in [2.75, 3.05) is 31.5 Å². The third kappa shape index (κ3) is 4.95. The molecular weight excluding hydrogens is 317 g/mol. The molecule has 6 heteroatoms. The molecule has 1 N–H and O–H groups in total. The molecule has 134 valence electrons. The van der Waals surface area contributed by atoms with Gasteiger partial charge in [0.25, 0.3) is 0 Å². The van der Waals surface area contributed by atoms with Crippen LogP contribution in [0.15, 0.2) is 30.5 Å². The van der Waals surface area contributed by atoms with Crippen molar-refractivity contribution in [3.63, 3.8) is 0 Å². The average Bonchev–Trinajstić information content (AvgIpc) is 2.61. The summed E-state index contributed by atoms with van der Waals surface area (Å²) in [7, 11) is 0. The fraction of sp³-hybridized carbons (Fsp3) is 0.526. The molecule has 0 saturated carbocycles. The van der Waals surface area contributed by atoms with Gasteiger partial charge >= 0.3 is 0 Å². The largest absolute Gasteiger partial charge is 0.353 e.